The number of aliphatic hydroxyl groups is 3. The van der Waals surface area contributed by atoms with Gasteiger partial charge in [-0.1, -0.05) is 90.4 Å². The number of carbonyl (C=O) groups is 1. The minimum atomic E-state index is -0.736. The van der Waals surface area contributed by atoms with Crippen molar-refractivity contribution in [3.05, 3.63) is 0 Å². The fourth-order valence-corrected chi connectivity index (χ4v) is 3.37. The minimum Gasteiger partial charge on any atom is -0.394 e. The number of hydrogen-bond acceptors (Lipinski definition) is 4. The fourth-order valence-electron chi connectivity index (χ4n) is 3.37. The number of hydrogen-bond donors (Lipinski definition) is 4. The molecule has 162 valence electrons. The molecule has 0 aromatic heterocycles. The molecule has 0 rings (SSSR count). The largest absolute Gasteiger partial charge is 0.394 e. The lowest BCUT2D eigenvalue weighted by Gasteiger charge is -2.22. The predicted molar refractivity (Wildman–Crippen MR) is 112 cm³/mol. The first kappa shape index (κ1) is 26.4. The molecule has 0 saturated heterocycles. The van der Waals surface area contributed by atoms with Crippen LogP contribution in [0.4, 0.5) is 0 Å². The second-order valence-electron chi connectivity index (χ2n) is 8.01. The van der Waals surface area contributed by atoms with Gasteiger partial charge in [-0.3, -0.25) is 4.79 Å². The van der Waals surface area contributed by atoms with Gasteiger partial charge in [0.1, 0.15) is 0 Å². The number of amides is 1. The first-order chi connectivity index (χ1) is 13.0. The first-order valence-corrected chi connectivity index (χ1v) is 11.3. The molecule has 0 aromatic carbocycles. The number of carbonyl (C=O) groups excluding carboxylic acids is 1. The summed E-state index contributed by atoms with van der Waals surface area (Å²) < 4.78 is 0. The Bertz CT molecular complexity index is 336. The van der Waals surface area contributed by atoms with Crippen molar-refractivity contribution in [2.45, 2.75) is 128 Å². The molecule has 0 spiro atoms. The first-order valence-electron chi connectivity index (χ1n) is 11.3. The van der Waals surface area contributed by atoms with E-state index in [1.54, 1.807) is 0 Å². The molecule has 0 aliphatic carbocycles. The van der Waals surface area contributed by atoms with Crippen molar-refractivity contribution in [2.24, 2.45) is 0 Å². The maximum Gasteiger partial charge on any atom is 0.222 e. The standard InChI is InChI=1S/C22H45NO4/c1-3-4-5-6-7-8-9-10-11-12-13-14-15-16-21(26)20(18-24)23-22(27)17-19(2)25/h19-21,24-26H,3-18H2,1-2H3,(H,23,27). The Morgan fingerprint density at radius 1 is 0.815 bits per heavy atom. The highest BCUT2D eigenvalue weighted by Gasteiger charge is 2.20. The Morgan fingerprint density at radius 2 is 1.26 bits per heavy atom. The molecule has 0 saturated carbocycles. The maximum absolute atomic E-state index is 11.6. The number of rotatable bonds is 19. The van der Waals surface area contributed by atoms with Crippen LogP contribution in [-0.2, 0) is 4.79 Å². The van der Waals surface area contributed by atoms with Crippen molar-refractivity contribution in [3.63, 3.8) is 0 Å². The smallest absolute Gasteiger partial charge is 0.222 e. The summed E-state index contributed by atoms with van der Waals surface area (Å²) in [5.41, 5.74) is 0. The van der Waals surface area contributed by atoms with Gasteiger partial charge in [-0.25, -0.2) is 0 Å². The molecular weight excluding hydrogens is 342 g/mol. The van der Waals surface area contributed by atoms with E-state index in [2.05, 4.69) is 12.2 Å². The number of aliphatic hydroxyl groups excluding tert-OH is 3. The summed E-state index contributed by atoms with van der Waals surface area (Å²) in [4.78, 5) is 11.6. The van der Waals surface area contributed by atoms with Crippen molar-refractivity contribution in [2.75, 3.05) is 6.61 Å². The average Bonchev–Trinajstić information content (AvgIpc) is 2.62. The van der Waals surface area contributed by atoms with Gasteiger partial charge >= 0.3 is 0 Å². The molecule has 0 radical (unpaired) electrons. The van der Waals surface area contributed by atoms with E-state index in [1.165, 1.54) is 77.6 Å². The summed E-state index contributed by atoms with van der Waals surface area (Å²) in [6.45, 7) is 3.51. The highest BCUT2D eigenvalue weighted by molar-refractivity contribution is 5.76. The zero-order chi connectivity index (χ0) is 20.3. The van der Waals surface area contributed by atoms with Crippen LogP contribution in [0.15, 0.2) is 0 Å². The number of unbranched alkanes of at least 4 members (excludes halogenated alkanes) is 12. The van der Waals surface area contributed by atoms with Crippen molar-refractivity contribution in [1.29, 1.82) is 0 Å². The SMILES string of the molecule is CCCCCCCCCCCCCCCC(O)C(CO)NC(=O)CC(C)O. The monoisotopic (exact) mass is 387 g/mol. The van der Waals surface area contributed by atoms with Gasteiger partial charge in [-0.2, -0.15) is 0 Å². The lowest BCUT2D eigenvalue weighted by molar-refractivity contribution is -0.124. The molecule has 0 heterocycles. The van der Waals surface area contributed by atoms with Gasteiger partial charge in [-0.05, 0) is 13.3 Å². The summed E-state index contributed by atoms with van der Waals surface area (Å²) in [6, 6.07) is -0.645. The summed E-state index contributed by atoms with van der Waals surface area (Å²) >= 11 is 0. The predicted octanol–water partition coefficient (Wildman–Crippen LogP) is 4.08. The fraction of sp³-hybridized carbons (Fsp3) is 0.955. The second-order valence-corrected chi connectivity index (χ2v) is 8.01. The van der Waals surface area contributed by atoms with E-state index in [0.29, 0.717) is 6.42 Å². The second kappa shape index (κ2) is 18.7. The zero-order valence-corrected chi connectivity index (χ0v) is 17.8. The summed E-state index contributed by atoms with van der Waals surface area (Å²) in [5, 5.41) is 31.3. The maximum atomic E-state index is 11.6. The Kier molecular flexibility index (Phi) is 18.3. The minimum absolute atomic E-state index is 0.0119. The van der Waals surface area contributed by atoms with Gasteiger partial charge in [0.15, 0.2) is 0 Å². The van der Waals surface area contributed by atoms with E-state index in [4.69, 9.17) is 0 Å². The normalized spacial score (nSPS) is 14.7. The third-order valence-electron chi connectivity index (χ3n) is 5.09. The Hall–Kier alpha value is -0.650. The molecule has 5 nitrogen and oxygen atoms in total. The lowest BCUT2D eigenvalue weighted by atomic mass is 10.0. The van der Waals surface area contributed by atoms with E-state index < -0.39 is 18.2 Å². The summed E-state index contributed by atoms with van der Waals surface area (Å²) in [7, 11) is 0. The molecule has 1 amide bonds. The van der Waals surface area contributed by atoms with Gasteiger partial charge < -0.3 is 20.6 Å². The van der Waals surface area contributed by atoms with Gasteiger partial charge in [0.05, 0.1) is 31.3 Å². The van der Waals surface area contributed by atoms with Crippen molar-refractivity contribution in [3.8, 4) is 0 Å². The van der Waals surface area contributed by atoms with Crippen LogP contribution in [0.2, 0.25) is 0 Å². The molecule has 0 aliphatic heterocycles. The Morgan fingerprint density at radius 3 is 1.67 bits per heavy atom. The molecule has 0 bridgehead atoms. The van der Waals surface area contributed by atoms with Gasteiger partial charge in [0, 0.05) is 0 Å². The average molecular weight is 388 g/mol. The molecule has 3 atom stereocenters. The van der Waals surface area contributed by atoms with Crippen molar-refractivity contribution in [1.82, 2.24) is 5.32 Å². The molecule has 0 aromatic rings. The van der Waals surface area contributed by atoms with Gasteiger partial charge in [-0.15, -0.1) is 0 Å². The van der Waals surface area contributed by atoms with E-state index >= 15 is 0 Å². The Balaban J connectivity index is 3.53. The Labute approximate surface area is 166 Å². The highest BCUT2D eigenvalue weighted by atomic mass is 16.3. The van der Waals surface area contributed by atoms with E-state index in [9.17, 15) is 20.1 Å². The third kappa shape index (κ3) is 17.2. The van der Waals surface area contributed by atoms with Crippen LogP contribution in [-0.4, -0.2) is 46.1 Å². The van der Waals surface area contributed by atoms with Crippen LogP contribution in [0.1, 0.15) is 110 Å². The third-order valence-corrected chi connectivity index (χ3v) is 5.09. The van der Waals surface area contributed by atoms with Crippen LogP contribution < -0.4 is 5.32 Å². The highest BCUT2D eigenvalue weighted by Crippen LogP contribution is 2.14. The molecular formula is C22H45NO4. The molecule has 27 heavy (non-hydrogen) atoms. The van der Waals surface area contributed by atoms with E-state index in [0.717, 1.165) is 12.8 Å². The topological polar surface area (TPSA) is 89.8 Å². The molecule has 3 unspecified atom stereocenters. The van der Waals surface area contributed by atoms with Crippen LogP contribution >= 0.6 is 0 Å². The van der Waals surface area contributed by atoms with E-state index in [-0.39, 0.29) is 18.9 Å². The van der Waals surface area contributed by atoms with Gasteiger partial charge in [0.25, 0.3) is 0 Å². The van der Waals surface area contributed by atoms with Crippen LogP contribution in [0.5, 0.6) is 0 Å². The quantitative estimate of drug-likeness (QED) is 0.251. The van der Waals surface area contributed by atoms with Crippen molar-refractivity contribution >= 4 is 5.91 Å². The van der Waals surface area contributed by atoms with Gasteiger partial charge in [0.2, 0.25) is 5.91 Å². The lowest BCUT2D eigenvalue weighted by Crippen LogP contribution is -2.46. The van der Waals surface area contributed by atoms with E-state index in [1.807, 2.05) is 0 Å². The van der Waals surface area contributed by atoms with Crippen molar-refractivity contribution < 1.29 is 20.1 Å². The van der Waals surface area contributed by atoms with Crippen LogP contribution in [0.3, 0.4) is 0 Å². The summed E-state index contributed by atoms with van der Waals surface area (Å²) in [5.74, 6) is -0.339. The number of nitrogens with one attached hydrogen (secondary N) is 1. The molecule has 5 heteroatoms. The molecule has 0 aliphatic rings. The van der Waals surface area contributed by atoms with Crippen LogP contribution in [0.25, 0.3) is 0 Å². The summed E-state index contributed by atoms with van der Waals surface area (Å²) in [6.07, 6.45) is 15.8. The molecule has 0 fully saturated rings. The zero-order valence-electron chi connectivity index (χ0n) is 17.8. The van der Waals surface area contributed by atoms with Crippen LogP contribution in [0, 0.1) is 0 Å². The molecule has 4 N–H and O–H groups in total.